The van der Waals surface area contributed by atoms with Crippen molar-refractivity contribution in [3.8, 4) is 11.5 Å². The van der Waals surface area contributed by atoms with E-state index < -0.39 is 16.4 Å². The molecule has 6 nitrogen and oxygen atoms in total. The lowest BCUT2D eigenvalue weighted by Gasteiger charge is -2.11. The molecular weight excluding hydrogens is 331 g/mol. The first kappa shape index (κ1) is 16.1. The molecule has 22 heavy (non-hydrogen) atoms. The van der Waals surface area contributed by atoms with E-state index in [0.717, 1.165) is 6.07 Å². The third-order valence-corrected chi connectivity index (χ3v) is 3.20. The van der Waals surface area contributed by atoms with Crippen LogP contribution in [0.1, 0.15) is 5.56 Å². The van der Waals surface area contributed by atoms with Crippen LogP contribution in [-0.2, 0) is 0 Å². The minimum Gasteiger partial charge on any atom is -0.867 e. The number of hydrogen-bond donors (Lipinski definition) is 0. The number of nitro groups is 1. The Morgan fingerprint density at radius 1 is 1.23 bits per heavy atom. The van der Waals surface area contributed by atoms with Gasteiger partial charge in [0.2, 0.25) is 0 Å². The summed E-state index contributed by atoms with van der Waals surface area (Å²) in [6, 6.07) is 7.09. The Hall–Kier alpha value is -2.31. The predicted molar refractivity (Wildman–Crippen MR) is 82.8 cm³/mol. The Kier molecular flexibility index (Phi) is 4.85. The molecule has 0 fully saturated rings. The standard InChI is InChI=1S/C14H10Cl2N2O4/c1-22-13-3-2-9(15)5-11(13)17-7-8-4-10(16)6-12(14(8)19)18(20)21/h2-7,19H,1H3/p-1. The van der Waals surface area contributed by atoms with E-state index in [1.165, 1.54) is 19.4 Å². The summed E-state index contributed by atoms with van der Waals surface area (Å²) in [6.07, 6.45) is 1.19. The zero-order valence-corrected chi connectivity index (χ0v) is 12.8. The second-order valence-electron chi connectivity index (χ2n) is 4.17. The maximum absolute atomic E-state index is 12.0. The van der Waals surface area contributed by atoms with Gasteiger partial charge in [0.25, 0.3) is 5.69 Å². The van der Waals surface area contributed by atoms with Crippen molar-refractivity contribution in [3.63, 3.8) is 0 Å². The lowest BCUT2D eigenvalue weighted by molar-refractivity contribution is -0.398. The quantitative estimate of drug-likeness (QED) is 0.482. The maximum Gasteiger partial charge on any atom is 0.263 e. The van der Waals surface area contributed by atoms with Crippen LogP contribution in [0.4, 0.5) is 11.4 Å². The van der Waals surface area contributed by atoms with Crippen LogP contribution in [-0.4, -0.2) is 18.2 Å². The minimum absolute atomic E-state index is 0.00114. The van der Waals surface area contributed by atoms with E-state index >= 15 is 0 Å². The van der Waals surface area contributed by atoms with Crippen molar-refractivity contribution >= 4 is 40.8 Å². The summed E-state index contributed by atoms with van der Waals surface area (Å²) in [5.74, 6) is -0.316. The molecular formula is C14H9Cl2N2O4-. The lowest BCUT2D eigenvalue weighted by Crippen LogP contribution is -2.02. The molecule has 8 heteroatoms. The summed E-state index contributed by atoms with van der Waals surface area (Å²) in [5, 5.41) is 23.3. The molecule has 2 aromatic carbocycles. The summed E-state index contributed by atoms with van der Waals surface area (Å²) < 4.78 is 5.12. The lowest BCUT2D eigenvalue weighted by atomic mass is 10.2. The van der Waals surface area contributed by atoms with Crippen LogP contribution in [0.2, 0.25) is 10.0 Å². The number of ether oxygens (including phenoxy) is 1. The number of nitrogens with zero attached hydrogens (tertiary/aromatic N) is 2. The summed E-state index contributed by atoms with van der Waals surface area (Å²) in [4.78, 5) is 14.1. The van der Waals surface area contributed by atoms with Crippen molar-refractivity contribution in [1.29, 1.82) is 0 Å². The molecule has 0 aromatic heterocycles. The highest BCUT2D eigenvalue weighted by Crippen LogP contribution is 2.33. The van der Waals surface area contributed by atoms with Gasteiger partial charge in [-0.15, -0.1) is 0 Å². The average molecular weight is 340 g/mol. The van der Waals surface area contributed by atoms with Crippen LogP contribution in [0.15, 0.2) is 35.3 Å². The predicted octanol–water partition coefficient (Wildman–Crippen LogP) is 3.73. The Balaban J connectivity index is 2.47. The van der Waals surface area contributed by atoms with Gasteiger partial charge in [-0.05, 0) is 35.6 Å². The van der Waals surface area contributed by atoms with Gasteiger partial charge in [0.15, 0.2) is 0 Å². The molecule has 0 N–H and O–H groups in total. The molecule has 0 saturated carbocycles. The van der Waals surface area contributed by atoms with E-state index in [0.29, 0.717) is 16.5 Å². The average Bonchev–Trinajstić information content (AvgIpc) is 2.47. The highest BCUT2D eigenvalue weighted by atomic mass is 35.5. The van der Waals surface area contributed by atoms with E-state index in [-0.39, 0.29) is 10.6 Å². The first-order valence-corrected chi connectivity index (χ1v) is 6.70. The normalized spacial score (nSPS) is 10.9. The molecule has 0 aliphatic rings. The highest BCUT2D eigenvalue weighted by Gasteiger charge is 2.11. The summed E-state index contributed by atoms with van der Waals surface area (Å²) in [7, 11) is 1.46. The van der Waals surface area contributed by atoms with Crippen LogP contribution in [0.25, 0.3) is 0 Å². The third kappa shape index (κ3) is 3.47. The fourth-order valence-corrected chi connectivity index (χ4v) is 2.12. The van der Waals surface area contributed by atoms with Gasteiger partial charge in [-0.25, -0.2) is 0 Å². The second kappa shape index (κ2) is 6.64. The zero-order chi connectivity index (χ0) is 16.3. The van der Waals surface area contributed by atoms with Crippen molar-refractivity contribution in [2.24, 2.45) is 4.99 Å². The topological polar surface area (TPSA) is 87.8 Å². The number of nitro benzene ring substituents is 1. The van der Waals surface area contributed by atoms with E-state index in [9.17, 15) is 15.2 Å². The number of halogens is 2. The van der Waals surface area contributed by atoms with Gasteiger partial charge in [0.1, 0.15) is 11.4 Å². The Morgan fingerprint density at radius 3 is 2.59 bits per heavy atom. The summed E-state index contributed by atoms with van der Waals surface area (Å²) in [6.45, 7) is 0. The molecule has 0 bridgehead atoms. The number of benzene rings is 2. The van der Waals surface area contributed by atoms with Crippen molar-refractivity contribution in [2.45, 2.75) is 0 Å². The minimum atomic E-state index is -0.786. The number of methoxy groups -OCH3 is 1. The fourth-order valence-electron chi connectivity index (χ4n) is 1.73. The van der Waals surface area contributed by atoms with Gasteiger partial charge in [-0.1, -0.05) is 23.2 Å². The maximum atomic E-state index is 12.0. The first-order chi connectivity index (χ1) is 10.4. The van der Waals surface area contributed by atoms with Gasteiger partial charge < -0.3 is 9.84 Å². The van der Waals surface area contributed by atoms with E-state index in [1.807, 2.05) is 0 Å². The second-order valence-corrected chi connectivity index (χ2v) is 5.05. The first-order valence-electron chi connectivity index (χ1n) is 5.95. The van der Waals surface area contributed by atoms with E-state index in [4.69, 9.17) is 27.9 Å². The summed E-state index contributed by atoms with van der Waals surface area (Å²) >= 11 is 11.7. The third-order valence-electron chi connectivity index (χ3n) is 2.74. The molecule has 0 aliphatic heterocycles. The van der Waals surface area contributed by atoms with Gasteiger partial charge >= 0.3 is 0 Å². The van der Waals surface area contributed by atoms with Crippen molar-refractivity contribution in [3.05, 3.63) is 56.1 Å². The molecule has 0 amide bonds. The molecule has 0 unspecified atom stereocenters. The van der Waals surface area contributed by atoms with Crippen LogP contribution in [0.3, 0.4) is 0 Å². The number of rotatable bonds is 4. The van der Waals surface area contributed by atoms with Gasteiger partial charge in [-0.3, -0.25) is 15.1 Å². The number of hydrogen-bond acceptors (Lipinski definition) is 5. The monoisotopic (exact) mass is 339 g/mol. The van der Waals surface area contributed by atoms with Crippen molar-refractivity contribution < 1.29 is 14.8 Å². The SMILES string of the molecule is COc1ccc(Cl)cc1N=Cc1cc(Cl)cc([N+](=O)[O-])c1[O-]. The fraction of sp³-hybridized carbons (Fsp3) is 0.0714. The van der Waals surface area contributed by atoms with Crippen LogP contribution in [0, 0.1) is 10.1 Å². The zero-order valence-electron chi connectivity index (χ0n) is 11.2. The van der Waals surface area contributed by atoms with Crippen LogP contribution < -0.4 is 9.84 Å². The molecule has 2 aromatic rings. The number of aliphatic imine (C=N–C) groups is 1. The van der Waals surface area contributed by atoms with Gasteiger partial charge in [0.05, 0.1) is 12.0 Å². The molecule has 114 valence electrons. The molecule has 0 heterocycles. The Morgan fingerprint density at radius 2 is 1.95 bits per heavy atom. The highest BCUT2D eigenvalue weighted by molar-refractivity contribution is 6.31. The van der Waals surface area contributed by atoms with Gasteiger partial charge in [-0.2, -0.15) is 0 Å². The summed E-state index contributed by atoms with van der Waals surface area (Å²) in [5.41, 5.74) is -0.217. The molecule has 0 saturated heterocycles. The van der Waals surface area contributed by atoms with Gasteiger partial charge in [0, 0.05) is 22.3 Å². The molecule has 0 radical (unpaired) electrons. The van der Waals surface area contributed by atoms with E-state index in [1.54, 1.807) is 18.2 Å². The van der Waals surface area contributed by atoms with E-state index in [2.05, 4.69) is 4.99 Å². The van der Waals surface area contributed by atoms with Crippen molar-refractivity contribution in [1.82, 2.24) is 0 Å². The Bertz CT molecular complexity index is 763. The molecule has 0 spiro atoms. The van der Waals surface area contributed by atoms with Crippen molar-refractivity contribution in [2.75, 3.05) is 7.11 Å². The largest absolute Gasteiger partial charge is 0.867 e. The molecule has 0 atom stereocenters. The Labute approximate surface area is 135 Å². The molecule has 2 rings (SSSR count). The van der Waals surface area contributed by atoms with Crippen LogP contribution in [0.5, 0.6) is 11.5 Å². The van der Waals surface area contributed by atoms with Crippen LogP contribution >= 0.6 is 23.2 Å². The smallest absolute Gasteiger partial charge is 0.263 e. The molecule has 0 aliphatic carbocycles.